The second-order valence-electron chi connectivity index (χ2n) is 2.52. The van der Waals surface area contributed by atoms with Crippen molar-refractivity contribution in [3.05, 3.63) is 22.9 Å². The molecule has 2 nitrogen and oxygen atoms in total. The molecule has 0 fully saturated rings. The van der Waals surface area contributed by atoms with Gasteiger partial charge in [-0.05, 0) is 34.5 Å². The maximum absolute atomic E-state index is 5.42. The van der Waals surface area contributed by atoms with Gasteiger partial charge in [-0.3, -0.25) is 0 Å². The van der Waals surface area contributed by atoms with Crippen LogP contribution in [-0.2, 0) is 0 Å². The lowest BCUT2D eigenvalue weighted by Crippen LogP contribution is -1.96. The molecule has 0 bridgehead atoms. The van der Waals surface area contributed by atoms with Gasteiger partial charge in [0.05, 0.1) is 12.8 Å². The van der Waals surface area contributed by atoms with Crippen molar-refractivity contribution in [2.24, 2.45) is 0 Å². The molecule has 0 spiro atoms. The van der Waals surface area contributed by atoms with Crippen LogP contribution in [0.2, 0.25) is 0 Å². The molecule has 0 aliphatic carbocycles. The first-order valence-electron chi connectivity index (χ1n) is 4.07. The van der Waals surface area contributed by atoms with Gasteiger partial charge in [0.15, 0.2) is 0 Å². The first-order valence-corrected chi connectivity index (χ1v) is 4.86. The Morgan fingerprint density at radius 2 is 2.33 bits per heavy atom. The van der Waals surface area contributed by atoms with E-state index in [0.29, 0.717) is 0 Å². The highest BCUT2D eigenvalue weighted by atomic mass is 79.9. The third-order valence-electron chi connectivity index (χ3n) is 1.47. The number of hydrogen-bond acceptors (Lipinski definition) is 2. The summed E-state index contributed by atoms with van der Waals surface area (Å²) >= 11 is 3.26. The van der Waals surface area contributed by atoms with Crippen LogP contribution in [0.25, 0.3) is 0 Å². The van der Waals surface area contributed by atoms with Crippen molar-refractivity contribution in [2.75, 3.05) is 6.61 Å². The Bertz CT molecular complexity index is 222. The Balaban J connectivity index is 2.37. The van der Waals surface area contributed by atoms with Gasteiger partial charge >= 0.3 is 0 Å². The number of ether oxygens (including phenoxy) is 1. The van der Waals surface area contributed by atoms with Crippen molar-refractivity contribution >= 4 is 15.9 Å². The molecule has 0 aliphatic heterocycles. The van der Waals surface area contributed by atoms with Gasteiger partial charge in [-0.25, -0.2) is 4.98 Å². The zero-order chi connectivity index (χ0) is 8.81. The molecular weight excluding hydrogens is 218 g/mol. The van der Waals surface area contributed by atoms with E-state index in [9.17, 15) is 0 Å². The lowest BCUT2D eigenvalue weighted by atomic mass is 10.4. The Morgan fingerprint density at radius 1 is 1.50 bits per heavy atom. The minimum absolute atomic E-state index is 0.778. The van der Waals surface area contributed by atoms with E-state index >= 15 is 0 Å². The van der Waals surface area contributed by atoms with Crippen LogP contribution in [0.5, 0.6) is 5.75 Å². The topological polar surface area (TPSA) is 22.1 Å². The maximum atomic E-state index is 5.42. The molecule has 1 aromatic rings. The van der Waals surface area contributed by atoms with Crippen molar-refractivity contribution in [3.8, 4) is 5.75 Å². The van der Waals surface area contributed by atoms with Gasteiger partial charge in [0.25, 0.3) is 0 Å². The summed E-state index contributed by atoms with van der Waals surface area (Å²) in [6, 6.07) is 3.79. The monoisotopic (exact) mass is 229 g/mol. The van der Waals surface area contributed by atoms with Gasteiger partial charge in [0.1, 0.15) is 10.4 Å². The second-order valence-corrected chi connectivity index (χ2v) is 3.33. The zero-order valence-electron chi connectivity index (χ0n) is 7.09. The molecule has 0 atom stereocenters. The Kier molecular flexibility index (Phi) is 4.08. The standard InChI is InChI=1S/C9H12BrNO/c1-2-3-6-12-8-4-5-9(10)11-7-8/h4-5,7H,2-3,6H2,1H3. The van der Waals surface area contributed by atoms with Crippen molar-refractivity contribution in [3.63, 3.8) is 0 Å². The lowest BCUT2D eigenvalue weighted by Gasteiger charge is -2.03. The molecule has 1 heterocycles. The van der Waals surface area contributed by atoms with Crippen LogP contribution in [-0.4, -0.2) is 11.6 Å². The molecule has 0 radical (unpaired) electrons. The van der Waals surface area contributed by atoms with E-state index < -0.39 is 0 Å². The molecule has 0 N–H and O–H groups in total. The average molecular weight is 230 g/mol. The number of hydrogen-bond donors (Lipinski definition) is 0. The van der Waals surface area contributed by atoms with Crippen LogP contribution in [0, 0.1) is 0 Å². The third kappa shape index (κ3) is 3.22. The first-order chi connectivity index (χ1) is 5.83. The number of rotatable bonds is 4. The minimum Gasteiger partial charge on any atom is -0.492 e. The largest absolute Gasteiger partial charge is 0.492 e. The molecule has 0 amide bonds. The highest BCUT2D eigenvalue weighted by Crippen LogP contribution is 2.12. The molecule has 12 heavy (non-hydrogen) atoms. The number of nitrogens with zero attached hydrogens (tertiary/aromatic N) is 1. The van der Waals surface area contributed by atoms with E-state index in [4.69, 9.17) is 4.74 Å². The highest BCUT2D eigenvalue weighted by Gasteiger charge is 1.92. The SMILES string of the molecule is CCCCOc1ccc(Br)nc1. The fourth-order valence-electron chi connectivity index (χ4n) is 0.782. The molecule has 3 heteroatoms. The van der Waals surface area contributed by atoms with E-state index in [1.807, 2.05) is 12.1 Å². The van der Waals surface area contributed by atoms with E-state index in [-0.39, 0.29) is 0 Å². The second kappa shape index (κ2) is 5.14. The van der Waals surface area contributed by atoms with Crippen molar-refractivity contribution in [1.29, 1.82) is 0 Å². The summed E-state index contributed by atoms with van der Waals surface area (Å²) in [6.07, 6.45) is 3.97. The molecular formula is C9H12BrNO. The lowest BCUT2D eigenvalue weighted by molar-refractivity contribution is 0.308. The highest BCUT2D eigenvalue weighted by molar-refractivity contribution is 9.10. The first kappa shape index (κ1) is 9.52. The number of halogens is 1. The molecule has 1 aromatic heterocycles. The van der Waals surface area contributed by atoms with Gasteiger partial charge in [0, 0.05) is 0 Å². The van der Waals surface area contributed by atoms with E-state index in [0.717, 1.165) is 29.8 Å². The summed E-state index contributed by atoms with van der Waals surface area (Å²) in [5.41, 5.74) is 0. The zero-order valence-corrected chi connectivity index (χ0v) is 8.67. The fourth-order valence-corrected chi connectivity index (χ4v) is 1.02. The number of aromatic nitrogens is 1. The van der Waals surface area contributed by atoms with E-state index in [2.05, 4.69) is 27.8 Å². The predicted molar refractivity (Wildman–Crippen MR) is 52.3 cm³/mol. The van der Waals surface area contributed by atoms with Gasteiger partial charge in [-0.2, -0.15) is 0 Å². The quantitative estimate of drug-likeness (QED) is 0.585. The Labute approximate surface area is 81.1 Å². The van der Waals surface area contributed by atoms with E-state index in [1.165, 1.54) is 0 Å². The van der Waals surface area contributed by atoms with Gasteiger partial charge in [-0.1, -0.05) is 13.3 Å². The summed E-state index contributed by atoms with van der Waals surface area (Å²) in [7, 11) is 0. The normalized spacial score (nSPS) is 9.83. The summed E-state index contributed by atoms with van der Waals surface area (Å²) in [5, 5.41) is 0. The molecule has 1 rings (SSSR count). The average Bonchev–Trinajstić information content (AvgIpc) is 2.09. The molecule has 0 aliphatic rings. The molecule has 0 saturated heterocycles. The van der Waals surface area contributed by atoms with Crippen LogP contribution < -0.4 is 4.74 Å². The van der Waals surface area contributed by atoms with Crippen molar-refractivity contribution < 1.29 is 4.74 Å². The van der Waals surface area contributed by atoms with E-state index in [1.54, 1.807) is 6.20 Å². The summed E-state index contributed by atoms with van der Waals surface area (Å²) < 4.78 is 6.26. The fraction of sp³-hybridized carbons (Fsp3) is 0.444. The summed E-state index contributed by atoms with van der Waals surface area (Å²) in [6.45, 7) is 2.92. The Hall–Kier alpha value is -0.570. The minimum atomic E-state index is 0.778. The van der Waals surface area contributed by atoms with Gasteiger partial charge in [-0.15, -0.1) is 0 Å². The maximum Gasteiger partial charge on any atom is 0.137 e. The molecule has 0 aromatic carbocycles. The third-order valence-corrected chi connectivity index (χ3v) is 1.94. The molecule has 66 valence electrons. The molecule has 0 saturated carbocycles. The summed E-state index contributed by atoms with van der Waals surface area (Å²) in [5.74, 6) is 0.839. The van der Waals surface area contributed by atoms with Crippen LogP contribution in [0.15, 0.2) is 22.9 Å². The van der Waals surface area contributed by atoms with Crippen LogP contribution in [0.1, 0.15) is 19.8 Å². The van der Waals surface area contributed by atoms with Gasteiger partial charge in [0.2, 0.25) is 0 Å². The number of unbranched alkanes of at least 4 members (excludes halogenated alkanes) is 1. The predicted octanol–water partition coefficient (Wildman–Crippen LogP) is 3.02. The number of pyridine rings is 1. The van der Waals surface area contributed by atoms with Crippen LogP contribution in [0.3, 0.4) is 0 Å². The van der Waals surface area contributed by atoms with Gasteiger partial charge < -0.3 is 4.74 Å². The molecule has 0 unspecified atom stereocenters. The van der Waals surface area contributed by atoms with Crippen molar-refractivity contribution in [2.45, 2.75) is 19.8 Å². The smallest absolute Gasteiger partial charge is 0.137 e. The van der Waals surface area contributed by atoms with Crippen LogP contribution in [0.4, 0.5) is 0 Å². The van der Waals surface area contributed by atoms with Crippen LogP contribution >= 0.6 is 15.9 Å². The Morgan fingerprint density at radius 3 is 2.92 bits per heavy atom. The van der Waals surface area contributed by atoms with Crippen molar-refractivity contribution in [1.82, 2.24) is 4.98 Å². The summed E-state index contributed by atoms with van der Waals surface area (Å²) in [4.78, 5) is 4.05.